The van der Waals surface area contributed by atoms with Crippen molar-refractivity contribution < 1.29 is 4.79 Å². The summed E-state index contributed by atoms with van der Waals surface area (Å²) in [6.45, 7) is 0.256. The lowest BCUT2D eigenvalue weighted by atomic mass is 9.99. The molecule has 0 aliphatic heterocycles. The fourth-order valence-corrected chi connectivity index (χ4v) is 1.90. The Morgan fingerprint density at radius 3 is 2.57 bits per heavy atom. The van der Waals surface area contributed by atoms with Crippen molar-refractivity contribution in [3.8, 4) is 0 Å². The van der Waals surface area contributed by atoms with Crippen LogP contribution < -0.4 is 0 Å². The number of azide groups is 1. The highest BCUT2D eigenvalue weighted by Gasteiger charge is 2.11. The van der Waals surface area contributed by atoms with Crippen molar-refractivity contribution in [2.75, 3.05) is 6.54 Å². The molecular formula is C16H14N4O. The Morgan fingerprint density at radius 1 is 1.19 bits per heavy atom. The molecular weight excluding hydrogens is 264 g/mol. The number of Topliss-reactive ketones (excluding diaryl/α,β-unsaturated/α-hetero) is 1. The van der Waals surface area contributed by atoms with E-state index in [1.807, 2.05) is 36.4 Å². The zero-order valence-corrected chi connectivity index (χ0v) is 11.4. The van der Waals surface area contributed by atoms with Gasteiger partial charge in [0.25, 0.3) is 0 Å². The second kappa shape index (κ2) is 7.62. The first-order chi connectivity index (χ1) is 10.3. The Bertz CT molecular complexity index is 674. The molecule has 0 radical (unpaired) electrons. The Morgan fingerprint density at radius 2 is 1.90 bits per heavy atom. The number of hydrogen-bond donors (Lipinski definition) is 0. The summed E-state index contributed by atoms with van der Waals surface area (Å²) >= 11 is 0. The zero-order valence-electron chi connectivity index (χ0n) is 11.4. The third kappa shape index (κ3) is 4.30. The van der Waals surface area contributed by atoms with Crippen LogP contribution in [0.25, 0.3) is 16.5 Å². The first kappa shape index (κ1) is 14.5. The molecule has 1 aromatic carbocycles. The van der Waals surface area contributed by atoms with E-state index in [9.17, 15) is 4.79 Å². The second-order valence-corrected chi connectivity index (χ2v) is 4.35. The third-order valence-electron chi connectivity index (χ3n) is 2.92. The minimum atomic E-state index is -0.0550. The largest absolute Gasteiger partial charge is 0.289 e. The molecule has 104 valence electrons. The number of nitrogens with zero attached hydrogens (tertiary/aromatic N) is 4. The summed E-state index contributed by atoms with van der Waals surface area (Å²) in [4.78, 5) is 19.2. The van der Waals surface area contributed by atoms with Crippen molar-refractivity contribution in [2.45, 2.75) is 6.42 Å². The van der Waals surface area contributed by atoms with Gasteiger partial charge in [0, 0.05) is 35.0 Å². The monoisotopic (exact) mass is 278 g/mol. The molecule has 0 N–H and O–H groups in total. The van der Waals surface area contributed by atoms with E-state index in [1.54, 1.807) is 24.5 Å². The summed E-state index contributed by atoms with van der Waals surface area (Å²) in [6, 6.07) is 12.7. The number of benzene rings is 1. The van der Waals surface area contributed by atoms with Gasteiger partial charge < -0.3 is 0 Å². The lowest BCUT2D eigenvalue weighted by molar-refractivity contribution is 0.103. The van der Waals surface area contributed by atoms with Gasteiger partial charge in [0.05, 0.1) is 0 Å². The van der Waals surface area contributed by atoms with Crippen molar-refractivity contribution >= 4 is 11.9 Å². The highest BCUT2D eigenvalue weighted by Crippen LogP contribution is 2.16. The van der Waals surface area contributed by atoms with Crippen LogP contribution in [0.1, 0.15) is 22.3 Å². The number of rotatable bonds is 6. The quantitative estimate of drug-likeness (QED) is 0.263. The topological polar surface area (TPSA) is 78.7 Å². The zero-order chi connectivity index (χ0) is 14.9. The summed E-state index contributed by atoms with van der Waals surface area (Å²) in [5, 5.41) is 3.50. The van der Waals surface area contributed by atoms with Crippen molar-refractivity contribution in [1.29, 1.82) is 0 Å². The number of ketones is 1. The van der Waals surface area contributed by atoms with Crippen molar-refractivity contribution in [3.05, 3.63) is 82.0 Å². The fraction of sp³-hybridized carbons (Fsp3) is 0.125. The first-order valence-corrected chi connectivity index (χ1v) is 6.52. The van der Waals surface area contributed by atoms with Gasteiger partial charge in [-0.15, -0.1) is 0 Å². The van der Waals surface area contributed by atoms with Gasteiger partial charge >= 0.3 is 0 Å². The molecule has 0 aliphatic rings. The predicted molar refractivity (Wildman–Crippen MR) is 81.6 cm³/mol. The van der Waals surface area contributed by atoms with Crippen molar-refractivity contribution in [2.24, 2.45) is 5.11 Å². The molecule has 0 spiro atoms. The molecule has 5 heteroatoms. The smallest absolute Gasteiger partial charge is 0.189 e. The molecule has 0 unspecified atom stereocenters. The van der Waals surface area contributed by atoms with Crippen LogP contribution >= 0.6 is 0 Å². The lowest BCUT2D eigenvalue weighted by Crippen LogP contribution is -2.04. The van der Waals surface area contributed by atoms with Crippen LogP contribution in [0.4, 0.5) is 0 Å². The van der Waals surface area contributed by atoms with Gasteiger partial charge in [-0.2, -0.15) is 0 Å². The lowest BCUT2D eigenvalue weighted by Gasteiger charge is -2.06. The van der Waals surface area contributed by atoms with Crippen LogP contribution in [-0.2, 0) is 0 Å². The van der Waals surface area contributed by atoms with Gasteiger partial charge in [0.15, 0.2) is 5.78 Å². The van der Waals surface area contributed by atoms with Gasteiger partial charge in [-0.3, -0.25) is 9.78 Å². The maximum absolute atomic E-state index is 12.5. The first-order valence-electron chi connectivity index (χ1n) is 6.52. The van der Waals surface area contributed by atoms with E-state index in [1.165, 1.54) is 0 Å². The van der Waals surface area contributed by atoms with Crippen LogP contribution in [0, 0.1) is 0 Å². The van der Waals surface area contributed by atoms with Crippen molar-refractivity contribution in [3.63, 3.8) is 0 Å². The van der Waals surface area contributed by atoms with Crippen LogP contribution in [-0.4, -0.2) is 17.3 Å². The fourth-order valence-electron chi connectivity index (χ4n) is 1.90. The van der Waals surface area contributed by atoms with Gasteiger partial charge in [-0.05, 0) is 35.7 Å². The molecule has 1 heterocycles. The van der Waals surface area contributed by atoms with Crippen molar-refractivity contribution in [1.82, 2.24) is 4.98 Å². The van der Waals surface area contributed by atoms with Crippen LogP contribution in [0.5, 0.6) is 0 Å². The van der Waals surface area contributed by atoms with Crippen LogP contribution in [0.15, 0.2) is 65.5 Å². The number of carbonyl (C=O) groups excluding carboxylic acids is 1. The van der Waals surface area contributed by atoms with E-state index >= 15 is 0 Å². The van der Waals surface area contributed by atoms with E-state index in [2.05, 4.69) is 15.0 Å². The van der Waals surface area contributed by atoms with Gasteiger partial charge in [0.2, 0.25) is 0 Å². The Hall–Kier alpha value is -2.91. The minimum absolute atomic E-state index is 0.0550. The molecule has 0 aliphatic carbocycles. The van der Waals surface area contributed by atoms with Gasteiger partial charge in [-0.1, -0.05) is 35.4 Å². The molecule has 0 saturated carbocycles. The van der Waals surface area contributed by atoms with Crippen LogP contribution in [0.3, 0.4) is 0 Å². The molecule has 0 fully saturated rings. The summed E-state index contributed by atoms with van der Waals surface area (Å²) < 4.78 is 0. The molecule has 0 bridgehead atoms. The summed E-state index contributed by atoms with van der Waals surface area (Å²) in [5.74, 6) is -0.0550. The highest BCUT2D eigenvalue weighted by molar-refractivity contribution is 6.11. The van der Waals surface area contributed by atoms with E-state index in [-0.39, 0.29) is 12.3 Å². The molecule has 5 nitrogen and oxygen atoms in total. The second-order valence-electron chi connectivity index (χ2n) is 4.35. The normalized spacial score (nSPS) is 10.8. The Kier molecular flexibility index (Phi) is 5.26. The van der Waals surface area contributed by atoms with Gasteiger partial charge in [0.1, 0.15) is 0 Å². The average Bonchev–Trinajstić information content (AvgIpc) is 2.55. The van der Waals surface area contributed by atoms with E-state index in [0.717, 1.165) is 5.56 Å². The number of hydrogen-bond acceptors (Lipinski definition) is 3. The molecule has 0 amide bonds. The molecule has 0 atom stereocenters. The summed E-state index contributed by atoms with van der Waals surface area (Å²) in [7, 11) is 0. The predicted octanol–water partition coefficient (Wildman–Crippen LogP) is 4.05. The molecule has 2 aromatic rings. The van der Waals surface area contributed by atoms with E-state index < -0.39 is 0 Å². The minimum Gasteiger partial charge on any atom is -0.289 e. The highest BCUT2D eigenvalue weighted by atomic mass is 16.1. The number of aromatic nitrogens is 1. The Balaban J connectivity index is 2.29. The standard InChI is InChI=1S/C16H14N4O/c17-20-19-11-8-15(12-13-6-9-18-10-7-13)16(21)14-4-2-1-3-5-14/h1-7,9-10,12H,8,11H2/b15-12-. The Labute approximate surface area is 122 Å². The van der Waals surface area contributed by atoms with Crippen LogP contribution in [0.2, 0.25) is 0 Å². The maximum Gasteiger partial charge on any atom is 0.189 e. The average molecular weight is 278 g/mol. The maximum atomic E-state index is 12.5. The number of pyridine rings is 1. The SMILES string of the molecule is [N-]=[N+]=NCC/C(=C/c1ccncc1)C(=O)c1ccccc1. The van der Waals surface area contributed by atoms with E-state index in [0.29, 0.717) is 17.6 Å². The number of carbonyl (C=O) groups is 1. The molecule has 21 heavy (non-hydrogen) atoms. The summed E-state index contributed by atoms with van der Waals surface area (Å²) in [6.07, 6.45) is 5.55. The van der Waals surface area contributed by atoms with Gasteiger partial charge in [-0.25, -0.2) is 0 Å². The summed E-state index contributed by atoms with van der Waals surface area (Å²) in [5.41, 5.74) is 10.5. The molecule has 0 saturated heterocycles. The molecule has 2 rings (SSSR count). The molecule has 1 aromatic heterocycles. The third-order valence-corrected chi connectivity index (χ3v) is 2.92. The van der Waals surface area contributed by atoms with E-state index in [4.69, 9.17) is 5.53 Å².